The average molecular weight is 419 g/mol. The maximum Gasteiger partial charge on any atom is 0.242 e. The van der Waals surface area contributed by atoms with Crippen LogP contribution >= 0.6 is 0 Å². The molecule has 8 heteroatoms. The number of fused-ring (bicyclic) bond motifs is 2. The molecule has 0 spiro atoms. The summed E-state index contributed by atoms with van der Waals surface area (Å²) in [7, 11) is 0. The number of likely N-dealkylation sites (tertiary alicyclic amines) is 1. The third-order valence-electron chi connectivity index (χ3n) is 6.41. The zero-order valence-electron chi connectivity index (χ0n) is 18.0. The Hall–Kier alpha value is -3.26. The molecule has 1 amide bonds. The van der Waals surface area contributed by atoms with E-state index in [-0.39, 0.29) is 18.4 Å². The van der Waals surface area contributed by atoms with Gasteiger partial charge in [0.25, 0.3) is 0 Å². The van der Waals surface area contributed by atoms with E-state index in [1.165, 1.54) is 11.1 Å². The first-order valence-electron chi connectivity index (χ1n) is 10.6. The van der Waals surface area contributed by atoms with Crippen molar-refractivity contribution in [2.24, 2.45) is 5.92 Å². The van der Waals surface area contributed by atoms with Crippen molar-refractivity contribution in [1.29, 1.82) is 0 Å². The SMILES string of the molecule is Cc1cc2nc(C)n(CC(=O)N3C[C@H](Cc4cn5ccnc5cn4)[C@H](O)C3)c2cc1C. The number of hydrogen-bond acceptors (Lipinski definition) is 5. The van der Waals surface area contributed by atoms with E-state index in [9.17, 15) is 9.90 Å². The number of aliphatic hydroxyl groups is 1. The number of aliphatic hydroxyl groups excluding tert-OH is 1. The number of aryl methyl sites for hydroxylation is 3. The standard InChI is InChI=1S/C23H26N6O2/c1-14-6-19-20(7-15(14)2)29(16(3)26-19)13-23(31)28-10-17(21(30)12-28)8-18-11-27-5-4-24-22(27)9-25-18/h4-7,9,11,17,21,30H,8,10,12-13H2,1-3H3/t17-,21+/m0/s1. The van der Waals surface area contributed by atoms with Gasteiger partial charge in [-0.15, -0.1) is 0 Å². The van der Waals surface area contributed by atoms with Gasteiger partial charge in [0.2, 0.25) is 5.91 Å². The minimum absolute atomic E-state index is 0.000184. The molecule has 1 saturated heterocycles. The lowest BCUT2D eigenvalue weighted by Crippen LogP contribution is -2.33. The summed E-state index contributed by atoms with van der Waals surface area (Å²) in [5.74, 6) is 0.783. The zero-order chi connectivity index (χ0) is 21.7. The van der Waals surface area contributed by atoms with Crippen LogP contribution < -0.4 is 0 Å². The Morgan fingerprint density at radius 2 is 1.97 bits per heavy atom. The molecule has 0 unspecified atom stereocenters. The van der Waals surface area contributed by atoms with Gasteiger partial charge in [-0.3, -0.25) is 9.78 Å². The van der Waals surface area contributed by atoms with Gasteiger partial charge in [-0.25, -0.2) is 9.97 Å². The number of rotatable bonds is 4. The molecular weight excluding hydrogens is 392 g/mol. The fourth-order valence-electron chi connectivity index (χ4n) is 4.44. The Bertz CT molecular complexity index is 1290. The quantitative estimate of drug-likeness (QED) is 0.548. The molecule has 1 aromatic carbocycles. The van der Waals surface area contributed by atoms with Crippen LogP contribution in [0.15, 0.2) is 36.9 Å². The minimum Gasteiger partial charge on any atom is -0.391 e. The Morgan fingerprint density at radius 1 is 1.16 bits per heavy atom. The van der Waals surface area contributed by atoms with Crippen molar-refractivity contribution < 1.29 is 9.90 Å². The van der Waals surface area contributed by atoms with E-state index in [0.29, 0.717) is 19.5 Å². The number of carbonyl (C=O) groups excluding carboxylic acids is 1. The van der Waals surface area contributed by atoms with E-state index in [4.69, 9.17) is 0 Å². The highest BCUT2D eigenvalue weighted by atomic mass is 16.3. The van der Waals surface area contributed by atoms with Gasteiger partial charge in [0.05, 0.1) is 29.0 Å². The predicted octanol–water partition coefficient (Wildman–Crippen LogP) is 2.07. The van der Waals surface area contributed by atoms with E-state index in [1.807, 2.05) is 28.3 Å². The topological polar surface area (TPSA) is 88.6 Å². The third-order valence-corrected chi connectivity index (χ3v) is 6.41. The first-order valence-corrected chi connectivity index (χ1v) is 10.6. The normalized spacial score (nSPS) is 19.0. The molecule has 0 bridgehead atoms. The Balaban J connectivity index is 1.31. The molecule has 8 nitrogen and oxygen atoms in total. The van der Waals surface area contributed by atoms with Crippen LogP contribution in [0.5, 0.6) is 0 Å². The molecule has 1 N–H and O–H groups in total. The lowest BCUT2D eigenvalue weighted by molar-refractivity contribution is -0.131. The highest BCUT2D eigenvalue weighted by Gasteiger charge is 2.34. The molecule has 1 fully saturated rings. The van der Waals surface area contributed by atoms with Crippen molar-refractivity contribution >= 4 is 22.6 Å². The van der Waals surface area contributed by atoms with Crippen LogP contribution in [0.3, 0.4) is 0 Å². The minimum atomic E-state index is -0.560. The van der Waals surface area contributed by atoms with Gasteiger partial charge in [-0.2, -0.15) is 0 Å². The van der Waals surface area contributed by atoms with Crippen molar-refractivity contribution in [2.75, 3.05) is 13.1 Å². The predicted molar refractivity (Wildman–Crippen MR) is 117 cm³/mol. The van der Waals surface area contributed by atoms with Gasteiger partial charge in [-0.1, -0.05) is 0 Å². The van der Waals surface area contributed by atoms with Crippen molar-refractivity contribution in [1.82, 2.24) is 28.8 Å². The number of β-amino-alcohol motifs (C(OH)–C–C–N with tert-alkyl or cyclic N) is 1. The number of amides is 1. The second-order valence-corrected chi connectivity index (χ2v) is 8.57. The number of imidazole rings is 2. The largest absolute Gasteiger partial charge is 0.391 e. The maximum absolute atomic E-state index is 13.1. The monoisotopic (exact) mass is 418 g/mol. The molecule has 0 aliphatic carbocycles. The number of carbonyl (C=O) groups is 1. The van der Waals surface area contributed by atoms with Crippen LogP contribution in [-0.2, 0) is 17.8 Å². The fourth-order valence-corrected chi connectivity index (χ4v) is 4.44. The van der Waals surface area contributed by atoms with Gasteiger partial charge >= 0.3 is 0 Å². The van der Waals surface area contributed by atoms with E-state index in [1.54, 1.807) is 17.3 Å². The first-order chi connectivity index (χ1) is 14.9. The summed E-state index contributed by atoms with van der Waals surface area (Å²) in [5, 5.41) is 10.6. The Kier molecular flexibility index (Phi) is 4.74. The number of hydrogen-bond donors (Lipinski definition) is 1. The molecule has 160 valence electrons. The van der Waals surface area contributed by atoms with Crippen LogP contribution in [0.25, 0.3) is 16.7 Å². The molecule has 2 atom stereocenters. The van der Waals surface area contributed by atoms with E-state index >= 15 is 0 Å². The van der Waals surface area contributed by atoms with E-state index in [2.05, 4.69) is 40.9 Å². The highest BCUT2D eigenvalue weighted by Crippen LogP contribution is 2.24. The number of aromatic nitrogens is 5. The molecule has 3 aromatic heterocycles. The highest BCUT2D eigenvalue weighted by molar-refractivity contribution is 5.82. The molecule has 1 aliphatic rings. The zero-order valence-corrected chi connectivity index (χ0v) is 18.0. The Morgan fingerprint density at radius 3 is 2.81 bits per heavy atom. The number of nitrogens with zero attached hydrogens (tertiary/aromatic N) is 6. The van der Waals surface area contributed by atoms with Gasteiger partial charge < -0.3 is 19.0 Å². The molecule has 4 heterocycles. The molecule has 31 heavy (non-hydrogen) atoms. The molecule has 5 rings (SSSR count). The summed E-state index contributed by atoms with van der Waals surface area (Å²) in [6.07, 6.45) is 7.33. The molecule has 1 aliphatic heterocycles. The molecule has 0 radical (unpaired) electrons. The van der Waals surface area contributed by atoms with Crippen LogP contribution in [0.4, 0.5) is 0 Å². The molecule has 0 saturated carbocycles. The van der Waals surface area contributed by atoms with E-state index in [0.717, 1.165) is 28.2 Å². The summed E-state index contributed by atoms with van der Waals surface area (Å²) >= 11 is 0. The van der Waals surface area contributed by atoms with Crippen molar-refractivity contribution in [2.45, 2.75) is 39.8 Å². The van der Waals surface area contributed by atoms with Crippen molar-refractivity contribution in [3.05, 3.63) is 59.6 Å². The van der Waals surface area contributed by atoms with Gasteiger partial charge in [0.15, 0.2) is 5.65 Å². The fraction of sp³-hybridized carbons (Fsp3) is 0.391. The molecular formula is C23H26N6O2. The average Bonchev–Trinajstić information content (AvgIpc) is 3.41. The lowest BCUT2D eigenvalue weighted by atomic mass is 10.0. The summed E-state index contributed by atoms with van der Waals surface area (Å²) in [6, 6.07) is 4.16. The van der Waals surface area contributed by atoms with Crippen LogP contribution in [-0.4, -0.2) is 59.0 Å². The van der Waals surface area contributed by atoms with Crippen LogP contribution in [0, 0.1) is 26.7 Å². The van der Waals surface area contributed by atoms with E-state index < -0.39 is 6.10 Å². The van der Waals surface area contributed by atoms with Crippen LogP contribution in [0.1, 0.15) is 22.6 Å². The third kappa shape index (κ3) is 3.57. The first kappa shape index (κ1) is 19.7. The lowest BCUT2D eigenvalue weighted by Gasteiger charge is -2.17. The molecule has 4 aromatic rings. The summed E-state index contributed by atoms with van der Waals surface area (Å²) in [4.78, 5) is 28.1. The van der Waals surface area contributed by atoms with Crippen molar-refractivity contribution in [3.63, 3.8) is 0 Å². The van der Waals surface area contributed by atoms with Gasteiger partial charge in [0, 0.05) is 37.6 Å². The number of benzene rings is 1. The smallest absolute Gasteiger partial charge is 0.242 e. The van der Waals surface area contributed by atoms with Crippen molar-refractivity contribution in [3.8, 4) is 0 Å². The van der Waals surface area contributed by atoms with Gasteiger partial charge in [-0.05, 0) is 50.5 Å². The van der Waals surface area contributed by atoms with Gasteiger partial charge in [0.1, 0.15) is 12.4 Å². The second-order valence-electron chi connectivity index (χ2n) is 8.57. The van der Waals surface area contributed by atoms with Crippen LogP contribution in [0.2, 0.25) is 0 Å². The Labute approximate surface area is 180 Å². The maximum atomic E-state index is 13.1. The second kappa shape index (κ2) is 7.46. The summed E-state index contributed by atoms with van der Waals surface area (Å²) in [5.41, 5.74) is 5.93. The summed E-state index contributed by atoms with van der Waals surface area (Å²) in [6.45, 7) is 7.16. The summed E-state index contributed by atoms with van der Waals surface area (Å²) < 4.78 is 3.89.